The fraction of sp³-hybridized carbons (Fsp3) is 0.333. The van der Waals surface area contributed by atoms with Gasteiger partial charge in [-0.1, -0.05) is 19.1 Å². The smallest absolute Gasteiger partial charge is 0.132 e. The number of benzene rings is 1. The highest BCUT2D eigenvalue weighted by molar-refractivity contribution is 5.39. The third kappa shape index (κ3) is 2.57. The van der Waals surface area contributed by atoms with E-state index in [0.717, 1.165) is 6.54 Å². The molecule has 0 aliphatic rings. The number of methoxy groups -OCH3 is 1. The number of hydrogen-bond acceptors (Lipinski definition) is 2. The molecule has 0 amide bonds. The second kappa shape index (κ2) is 5.51. The zero-order chi connectivity index (χ0) is 11.3. The standard InChI is InChI=1S/C12H16FNO/c1-4-10(14-5-2)12-9(13)7-6-8-11(12)15-3/h4,6-8,10,14H,1,5H2,2-3H3. The van der Waals surface area contributed by atoms with Gasteiger partial charge in [0.05, 0.1) is 18.7 Å². The van der Waals surface area contributed by atoms with Gasteiger partial charge in [0.15, 0.2) is 0 Å². The van der Waals surface area contributed by atoms with E-state index in [1.54, 1.807) is 18.2 Å². The molecule has 1 aromatic rings. The second-order valence-corrected chi connectivity index (χ2v) is 3.13. The monoisotopic (exact) mass is 209 g/mol. The predicted molar refractivity (Wildman–Crippen MR) is 59.6 cm³/mol. The van der Waals surface area contributed by atoms with Crippen LogP contribution in [0.15, 0.2) is 30.9 Å². The van der Waals surface area contributed by atoms with Crippen LogP contribution in [0.25, 0.3) is 0 Å². The molecular formula is C12H16FNO. The largest absolute Gasteiger partial charge is 0.496 e. The number of hydrogen-bond donors (Lipinski definition) is 1. The van der Waals surface area contributed by atoms with Gasteiger partial charge in [-0.3, -0.25) is 0 Å². The van der Waals surface area contributed by atoms with Gasteiger partial charge in [-0.05, 0) is 18.7 Å². The molecule has 15 heavy (non-hydrogen) atoms. The van der Waals surface area contributed by atoms with E-state index in [1.165, 1.54) is 13.2 Å². The first-order valence-corrected chi connectivity index (χ1v) is 4.92. The Hall–Kier alpha value is -1.35. The Balaban J connectivity index is 3.13. The van der Waals surface area contributed by atoms with Gasteiger partial charge in [0.1, 0.15) is 11.6 Å². The van der Waals surface area contributed by atoms with Gasteiger partial charge in [0.25, 0.3) is 0 Å². The van der Waals surface area contributed by atoms with Crippen LogP contribution in [0.2, 0.25) is 0 Å². The minimum Gasteiger partial charge on any atom is -0.496 e. The Kier molecular flexibility index (Phi) is 4.31. The maximum atomic E-state index is 13.6. The summed E-state index contributed by atoms with van der Waals surface area (Å²) in [7, 11) is 1.53. The molecule has 0 aliphatic heterocycles. The van der Waals surface area contributed by atoms with Crippen molar-refractivity contribution in [2.45, 2.75) is 13.0 Å². The van der Waals surface area contributed by atoms with Crippen LogP contribution in [-0.2, 0) is 0 Å². The van der Waals surface area contributed by atoms with Gasteiger partial charge in [-0.2, -0.15) is 0 Å². The Bertz CT molecular complexity index is 338. The summed E-state index contributed by atoms with van der Waals surface area (Å²) in [6, 6.07) is 4.58. The molecule has 0 fully saturated rings. The normalized spacial score (nSPS) is 12.2. The van der Waals surface area contributed by atoms with Crippen molar-refractivity contribution in [1.82, 2.24) is 5.32 Å². The van der Waals surface area contributed by atoms with Crippen LogP contribution in [0.3, 0.4) is 0 Å². The van der Waals surface area contributed by atoms with E-state index in [1.807, 2.05) is 6.92 Å². The van der Waals surface area contributed by atoms with Crippen molar-refractivity contribution < 1.29 is 9.13 Å². The van der Waals surface area contributed by atoms with E-state index in [0.29, 0.717) is 11.3 Å². The van der Waals surface area contributed by atoms with Crippen molar-refractivity contribution in [3.8, 4) is 5.75 Å². The lowest BCUT2D eigenvalue weighted by Gasteiger charge is -2.17. The first kappa shape index (κ1) is 11.7. The van der Waals surface area contributed by atoms with Crippen LogP contribution < -0.4 is 10.1 Å². The number of likely N-dealkylation sites (N-methyl/N-ethyl adjacent to an activating group) is 1. The molecule has 0 saturated carbocycles. The van der Waals surface area contributed by atoms with Crippen molar-refractivity contribution in [2.75, 3.05) is 13.7 Å². The highest BCUT2D eigenvalue weighted by Gasteiger charge is 2.16. The van der Waals surface area contributed by atoms with Crippen molar-refractivity contribution >= 4 is 0 Å². The van der Waals surface area contributed by atoms with Gasteiger partial charge in [-0.15, -0.1) is 6.58 Å². The van der Waals surface area contributed by atoms with Crippen LogP contribution in [0.1, 0.15) is 18.5 Å². The van der Waals surface area contributed by atoms with Gasteiger partial charge in [-0.25, -0.2) is 4.39 Å². The highest BCUT2D eigenvalue weighted by atomic mass is 19.1. The molecule has 0 aliphatic carbocycles. The molecule has 3 heteroatoms. The molecular weight excluding hydrogens is 193 g/mol. The van der Waals surface area contributed by atoms with Crippen LogP contribution >= 0.6 is 0 Å². The number of halogens is 1. The average Bonchev–Trinajstić information content (AvgIpc) is 2.26. The van der Waals surface area contributed by atoms with E-state index in [2.05, 4.69) is 11.9 Å². The fourth-order valence-corrected chi connectivity index (χ4v) is 1.52. The molecule has 0 spiro atoms. The molecule has 0 saturated heterocycles. The third-order valence-electron chi connectivity index (χ3n) is 2.20. The molecule has 1 N–H and O–H groups in total. The Labute approximate surface area is 89.8 Å². The summed E-state index contributed by atoms with van der Waals surface area (Å²) in [6.07, 6.45) is 1.67. The minimum atomic E-state index is -0.278. The summed E-state index contributed by atoms with van der Waals surface area (Å²) in [5.41, 5.74) is 0.511. The summed E-state index contributed by atoms with van der Waals surface area (Å²) in [5, 5.41) is 3.13. The summed E-state index contributed by atoms with van der Waals surface area (Å²) in [4.78, 5) is 0. The molecule has 0 bridgehead atoms. The van der Waals surface area contributed by atoms with E-state index >= 15 is 0 Å². The van der Waals surface area contributed by atoms with Crippen LogP contribution in [-0.4, -0.2) is 13.7 Å². The Morgan fingerprint density at radius 3 is 2.87 bits per heavy atom. The maximum Gasteiger partial charge on any atom is 0.132 e. The highest BCUT2D eigenvalue weighted by Crippen LogP contribution is 2.28. The van der Waals surface area contributed by atoms with Crippen molar-refractivity contribution in [3.05, 3.63) is 42.2 Å². The molecule has 1 atom stereocenters. The van der Waals surface area contributed by atoms with Gasteiger partial charge >= 0.3 is 0 Å². The quantitative estimate of drug-likeness (QED) is 0.753. The molecule has 0 heterocycles. The Morgan fingerprint density at radius 2 is 2.33 bits per heavy atom. The average molecular weight is 209 g/mol. The van der Waals surface area contributed by atoms with Crippen LogP contribution in [0.4, 0.5) is 4.39 Å². The van der Waals surface area contributed by atoms with Gasteiger partial charge < -0.3 is 10.1 Å². The first-order chi connectivity index (χ1) is 7.24. The molecule has 0 radical (unpaired) electrons. The van der Waals surface area contributed by atoms with Crippen LogP contribution in [0, 0.1) is 5.82 Å². The Morgan fingerprint density at radius 1 is 1.60 bits per heavy atom. The topological polar surface area (TPSA) is 21.3 Å². The third-order valence-corrected chi connectivity index (χ3v) is 2.20. The lowest BCUT2D eigenvalue weighted by molar-refractivity contribution is 0.398. The van der Waals surface area contributed by atoms with E-state index in [4.69, 9.17) is 4.74 Å². The molecule has 1 aromatic carbocycles. The lowest BCUT2D eigenvalue weighted by Crippen LogP contribution is -2.20. The maximum absolute atomic E-state index is 13.6. The van der Waals surface area contributed by atoms with Gasteiger partial charge in [0.2, 0.25) is 0 Å². The summed E-state index contributed by atoms with van der Waals surface area (Å²) >= 11 is 0. The van der Waals surface area contributed by atoms with E-state index < -0.39 is 0 Å². The van der Waals surface area contributed by atoms with Crippen LogP contribution in [0.5, 0.6) is 5.75 Å². The van der Waals surface area contributed by atoms with E-state index in [-0.39, 0.29) is 11.9 Å². The van der Waals surface area contributed by atoms with Crippen molar-refractivity contribution in [2.24, 2.45) is 0 Å². The fourth-order valence-electron chi connectivity index (χ4n) is 1.52. The first-order valence-electron chi connectivity index (χ1n) is 4.92. The molecule has 1 unspecified atom stereocenters. The van der Waals surface area contributed by atoms with Crippen molar-refractivity contribution in [3.63, 3.8) is 0 Å². The SMILES string of the molecule is C=CC(NCC)c1c(F)cccc1OC. The van der Waals surface area contributed by atoms with Gasteiger partial charge in [0, 0.05) is 0 Å². The predicted octanol–water partition coefficient (Wildman–Crippen LogP) is 2.67. The number of rotatable bonds is 5. The van der Waals surface area contributed by atoms with Crippen molar-refractivity contribution in [1.29, 1.82) is 0 Å². The molecule has 82 valence electrons. The summed E-state index contributed by atoms with van der Waals surface area (Å²) in [6.45, 7) is 6.39. The number of ether oxygens (including phenoxy) is 1. The zero-order valence-electron chi connectivity index (χ0n) is 9.09. The number of nitrogens with one attached hydrogen (secondary N) is 1. The zero-order valence-corrected chi connectivity index (χ0v) is 9.09. The molecule has 1 rings (SSSR count). The van der Waals surface area contributed by atoms with E-state index in [9.17, 15) is 4.39 Å². The molecule has 2 nitrogen and oxygen atoms in total. The minimum absolute atomic E-state index is 0.217. The molecule has 0 aromatic heterocycles. The second-order valence-electron chi connectivity index (χ2n) is 3.13. The lowest BCUT2D eigenvalue weighted by atomic mass is 10.0. The summed E-state index contributed by atoms with van der Waals surface area (Å²) < 4.78 is 18.8. The summed E-state index contributed by atoms with van der Waals surface area (Å²) in [5.74, 6) is 0.265.